The van der Waals surface area contributed by atoms with E-state index < -0.39 is 0 Å². The third-order valence-corrected chi connectivity index (χ3v) is 4.81. The summed E-state index contributed by atoms with van der Waals surface area (Å²) in [5, 5.41) is 12.1. The number of anilines is 2. The average Bonchev–Trinajstić information content (AvgIpc) is 3.19. The fourth-order valence-corrected chi connectivity index (χ4v) is 3.60. The van der Waals surface area contributed by atoms with Crippen molar-refractivity contribution in [2.24, 2.45) is 0 Å². The van der Waals surface area contributed by atoms with Crippen molar-refractivity contribution in [2.45, 2.75) is 12.8 Å². The molecule has 1 atom stereocenters. The van der Waals surface area contributed by atoms with Crippen LogP contribution in [0.1, 0.15) is 22.6 Å². The van der Waals surface area contributed by atoms with E-state index in [1.807, 2.05) is 49.6 Å². The number of hydrogen-bond donors (Lipinski definition) is 5. The number of hydrogen-bond acceptors (Lipinski definition) is 3. The van der Waals surface area contributed by atoms with Crippen molar-refractivity contribution in [1.82, 2.24) is 9.97 Å². The monoisotopic (exact) mass is 320 g/mol. The molecule has 1 unspecified atom stereocenters. The van der Waals surface area contributed by atoms with E-state index >= 15 is 0 Å². The molecule has 0 radical (unpaired) electrons. The topological polar surface area (TPSA) is 104 Å². The average molecular weight is 320 g/mol. The second kappa shape index (κ2) is 5.32. The largest absolute Gasteiger partial charge is 0.398 e. The summed E-state index contributed by atoms with van der Waals surface area (Å²) >= 11 is 0. The third-order valence-electron chi connectivity index (χ3n) is 4.81. The van der Waals surface area contributed by atoms with E-state index in [9.17, 15) is 5.11 Å². The van der Waals surface area contributed by atoms with Crippen LogP contribution < -0.4 is 11.5 Å². The Labute approximate surface area is 139 Å². The quantitative estimate of drug-likeness (QED) is 0.374. The zero-order chi connectivity index (χ0) is 16.8. The Morgan fingerprint density at radius 2 is 1.67 bits per heavy atom. The Balaban J connectivity index is 1.98. The molecule has 2 heterocycles. The highest BCUT2D eigenvalue weighted by Gasteiger charge is 2.23. The standard InChI is InChI=1S/C19H20N4O/c1-10-5-6-15(21)18-12(8-23-19(10)18)13(9-24)11-7-22-16-4-2-3-14(20)17(11)16/h2-8,13,22-24H,9,20-21H2,1H3. The summed E-state index contributed by atoms with van der Waals surface area (Å²) in [5.41, 5.74) is 18.9. The van der Waals surface area contributed by atoms with Crippen molar-refractivity contribution in [3.8, 4) is 0 Å². The maximum absolute atomic E-state index is 10.1. The number of aromatic nitrogens is 2. The highest BCUT2D eigenvalue weighted by molar-refractivity contribution is 5.99. The fourth-order valence-electron chi connectivity index (χ4n) is 3.60. The summed E-state index contributed by atoms with van der Waals surface area (Å²) in [6, 6.07) is 9.68. The molecule has 2 aromatic heterocycles. The number of aliphatic hydroxyl groups excluding tert-OH is 1. The maximum Gasteiger partial charge on any atom is 0.0542 e. The predicted molar refractivity (Wildman–Crippen MR) is 99.1 cm³/mol. The number of nitrogens with one attached hydrogen (secondary N) is 2. The number of aryl methyl sites for hydroxylation is 1. The molecule has 4 rings (SSSR count). The minimum atomic E-state index is -0.207. The van der Waals surface area contributed by atoms with Crippen LogP contribution in [0.3, 0.4) is 0 Å². The molecule has 24 heavy (non-hydrogen) atoms. The Morgan fingerprint density at radius 1 is 0.958 bits per heavy atom. The number of H-pyrrole nitrogens is 2. The van der Waals surface area contributed by atoms with Crippen LogP contribution in [0.2, 0.25) is 0 Å². The van der Waals surface area contributed by atoms with E-state index in [1.54, 1.807) is 0 Å². The smallest absolute Gasteiger partial charge is 0.0542 e. The van der Waals surface area contributed by atoms with Gasteiger partial charge in [0.2, 0.25) is 0 Å². The van der Waals surface area contributed by atoms with Crippen LogP contribution >= 0.6 is 0 Å². The first-order valence-corrected chi connectivity index (χ1v) is 7.94. The summed E-state index contributed by atoms with van der Waals surface area (Å²) in [6.07, 6.45) is 3.86. The van der Waals surface area contributed by atoms with Gasteiger partial charge in [-0.3, -0.25) is 0 Å². The summed E-state index contributed by atoms with van der Waals surface area (Å²) in [5.74, 6) is -0.207. The Hall–Kier alpha value is -2.92. The van der Waals surface area contributed by atoms with Gasteiger partial charge >= 0.3 is 0 Å². The molecule has 0 aliphatic carbocycles. The lowest BCUT2D eigenvalue weighted by molar-refractivity contribution is 0.281. The molecule has 5 heteroatoms. The molecule has 0 bridgehead atoms. The number of nitrogens with two attached hydrogens (primary N) is 2. The van der Waals surface area contributed by atoms with Crippen LogP contribution in [0, 0.1) is 6.92 Å². The van der Waals surface area contributed by atoms with Gasteiger partial charge in [0, 0.05) is 46.0 Å². The van der Waals surface area contributed by atoms with Gasteiger partial charge < -0.3 is 26.5 Å². The lowest BCUT2D eigenvalue weighted by Crippen LogP contribution is -2.06. The highest BCUT2D eigenvalue weighted by Crippen LogP contribution is 2.38. The third kappa shape index (κ3) is 1.98. The summed E-state index contributed by atoms with van der Waals surface area (Å²) in [7, 11) is 0. The van der Waals surface area contributed by atoms with Crippen LogP contribution in [0.15, 0.2) is 42.7 Å². The first-order valence-electron chi connectivity index (χ1n) is 7.94. The minimum absolute atomic E-state index is 0.0262. The Kier molecular flexibility index (Phi) is 3.25. The molecule has 122 valence electrons. The van der Waals surface area contributed by atoms with Crippen molar-refractivity contribution in [3.05, 3.63) is 59.4 Å². The van der Waals surface area contributed by atoms with Crippen LogP contribution in [0.4, 0.5) is 11.4 Å². The molecule has 0 aliphatic heterocycles. The van der Waals surface area contributed by atoms with Gasteiger partial charge in [-0.05, 0) is 41.8 Å². The Bertz CT molecular complexity index is 1040. The summed E-state index contributed by atoms with van der Waals surface area (Å²) in [6.45, 7) is 2.02. The van der Waals surface area contributed by atoms with E-state index in [0.717, 1.165) is 38.5 Å². The summed E-state index contributed by atoms with van der Waals surface area (Å²) < 4.78 is 0. The van der Waals surface area contributed by atoms with Gasteiger partial charge in [0.15, 0.2) is 0 Å². The second-order valence-electron chi connectivity index (χ2n) is 6.21. The van der Waals surface area contributed by atoms with Gasteiger partial charge in [0.05, 0.1) is 12.1 Å². The fraction of sp³-hybridized carbons (Fsp3) is 0.158. The van der Waals surface area contributed by atoms with Crippen molar-refractivity contribution >= 4 is 33.2 Å². The number of aromatic amines is 2. The molecule has 0 spiro atoms. The lowest BCUT2D eigenvalue weighted by atomic mass is 9.90. The van der Waals surface area contributed by atoms with Crippen molar-refractivity contribution in [1.29, 1.82) is 0 Å². The van der Waals surface area contributed by atoms with Gasteiger partial charge in [-0.15, -0.1) is 0 Å². The SMILES string of the molecule is Cc1ccc(N)c2c(C(CO)c3c[nH]c4cccc(N)c34)c[nH]c12. The van der Waals surface area contributed by atoms with E-state index in [4.69, 9.17) is 11.5 Å². The zero-order valence-corrected chi connectivity index (χ0v) is 13.4. The molecule has 0 saturated heterocycles. The second-order valence-corrected chi connectivity index (χ2v) is 6.21. The van der Waals surface area contributed by atoms with Gasteiger partial charge in [0.25, 0.3) is 0 Å². The van der Waals surface area contributed by atoms with Crippen LogP contribution in [-0.2, 0) is 0 Å². The number of nitrogen functional groups attached to an aromatic ring is 2. The molecule has 2 aromatic carbocycles. The van der Waals surface area contributed by atoms with Crippen molar-refractivity contribution in [3.63, 3.8) is 0 Å². The van der Waals surface area contributed by atoms with Crippen molar-refractivity contribution in [2.75, 3.05) is 18.1 Å². The van der Waals surface area contributed by atoms with Crippen molar-refractivity contribution < 1.29 is 5.11 Å². The van der Waals surface area contributed by atoms with Crippen LogP contribution in [-0.4, -0.2) is 21.7 Å². The first kappa shape index (κ1) is 14.7. The van der Waals surface area contributed by atoms with Gasteiger partial charge in [-0.25, -0.2) is 0 Å². The van der Waals surface area contributed by atoms with E-state index in [2.05, 4.69) is 9.97 Å². The zero-order valence-electron chi connectivity index (χ0n) is 13.4. The first-order chi connectivity index (χ1) is 11.6. The van der Waals surface area contributed by atoms with Crippen LogP contribution in [0.5, 0.6) is 0 Å². The molecule has 0 saturated carbocycles. The number of aliphatic hydroxyl groups is 1. The molecule has 0 amide bonds. The molecular formula is C19H20N4O. The van der Waals surface area contributed by atoms with Gasteiger partial charge in [-0.2, -0.15) is 0 Å². The maximum atomic E-state index is 10.1. The van der Waals surface area contributed by atoms with E-state index in [1.165, 1.54) is 0 Å². The van der Waals surface area contributed by atoms with Gasteiger partial charge in [0.1, 0.15) is 0 Å². The normalized spacial score (nSPS) is 12.9. The molecule has 5 nitrogen and oxygen atoms in total. The van der Waals surface area contributed by atoms with Crippen LogP contribution in [0.25, 0.3) is 21.8 Å². The number of benzene rings is 2. The minimum Gasteiger partial charge on any atom is -0.398 e. The lowest BCUT2D eigenvalue weighted by Gasteiger charge is -2.15. The van der Waals surface area contributed by atoms with Gasteiger partial charge in [-0.1, -0.05) is 12.1 Å². The van der Waals surface area contributed by atoms with E-state index in [-0.39, 0.29) is 12.5 Å². The molecule has 0 fully saturated rings. The molecule has 0 aliphatic rings. The number of rotatable bonds is 3. The molecule has 7 N–H and O–H groups in total. The van der Waals surface area contributed by atoms with E-state index in [0.29, 0.717) is 11.4 Å². The highest BCUT2D eigenvalue weighted by atomic mass is 16.3. The molecule has 4 aromatic rings. The Morgan fingerprint density at radius 3 is 2.46 bits per heavy atom. The number of fused-ring (bicyclic) bond motifs is 2. The predicted octanol–water partition coefficient (Wildman–Crippen LogP) is 3.25. The summed E-state index contributed by atoms with van der Waals surface area (Å²) in [4.78, 5) is 6.55. The molecular weight excluding hydrogens is 300 g/mol.